The molecule has 0 fully saturated rings. The second-order valence-electron chi connectivity index (χ2n) is 12.5. The van der Waals surface area contributed by atoms with Crippen LogP contribution in [0.25, 0.3) is 20.4 Å². The van der Waals surface area contributed by atoms with E-state index in [0.717, 1.165) is 81.7 Å². The lowest BCUT2D eigenvalue weighted by Gasteiger charge is -2.24. The fourth-order valence-electron chi connectivity index (χ4n) is 6.61. The highest BCUT2D eigenvalue weighted by Crippen LogP contribution is 2.41. The number of hydrogen-bond donors (Lipinski definition) is 1. The summed E-state index contributed by atoms with van der Waals surface area (Å²) in [7, 11) is 7.27. The number of hydrogen-bond acceptors (Lipinski definition) is 11. The first-order valence-corrected chi connectivity index (χ1v) is 17.5. The standard InChI is InChI=1S/C20H20N6OS.C13H14ClN3OS/c1-26(2)20(27)11-3-4-14-15(5-11)28-19-17(14)18(23-10-24-19)25-16-6-12-7-21-8-13(12)9-22-16;1-17(2)13(18)7-3-4-8-9(5-7)19-12-10(8)11(14)15-6-16-12/h6-7,9-11H,3-5,8H2,1-2H3,(H,22,23,24,25);6-7H,3-5H2,1-2H3. The second kappa shape index (κ2) is 12.9. The Morgan fingerprint density at radius 3 is 2.06 bits per heavy atom. The zero-order valence-electron chi connectivity index (χ0n) is 26.6. The molecular formula is C33H34ClN9O2S2. The monoisotopic (exact) mass is 687 g/mol. The van der Waals surface area contributed by atoms with Crippen molar-refractivity contribution in [1.82, 2.24) is 34.7 Å². The molecule has 0 spiro atoms. The first-order valence-electron chi connectivity index (χ1n) is 15.5. The number of aromatic nitrogens is 5. The molecule has 11 nitrogen and oxygen atoms in total. The predicted molar refractivity (Wildman–Crippen MR) is 187 cm³/mol. The van der Waals surface area contributed by atoms with Crippen molar-refractivity contribution in [3.05, 3.63) is 62.1 Å². The number of nitrogens with one attached hydrogen (secondary N) is 1. The zero-order chi connectivity index (χ0) is 32.8. The van der Waals surface area contributed by atoms with Crippen LogP contribution in [-0.4, -0.2) is 80.9 Å². The molecule has 1 aliphatic heterocycles. The number of rotatable bonds is 4. The maximum Gasteiger partial charge on any atom is 0.225 e. The van der Waals surface area contributed by atoms with Crippen LogP contribution in [0.4, 0.5) is 11.6 Å². The number of nitrogens with zero attached hydrogens (tertiary/aromatic N) is 8. The third-order valence-electron chi connectivity index (χ3n) is 8.99. The van der Waals surface area contributed by atoms with E-state index >= 15 is 0 Å². The average Bonchev–Trinajstić information content (AvgIpc) is 3.79. The van der Waals surface area contributed by atoms with Gasteiger partial charge in [-0.05, 0) is 55.7 Å². The zero-order valence-corrected chi connectivity index (χ0v) is 29.0. The number of pyridine rings is 1. The molecule has 6 heterocycles. The minimum atomic E-state index is 0.0533. The molecule has 5 aromatic heterocycles. The van der Waals surface area contributed by atoms with Crippen LogP contribution in [0.15, 0.2) is 29.9 Å². The molecule has 0 bridgehead atoms. The van der Waals surface area contributed by atoms with Crippen molar-refractivity contribution in [3.63, 3.8) is 0 Å². The molecule has 1 N–H and O–H groups in total. The smallest absolute Gasteiger partial charge is 0.225 e. The highest BCUT2D eigenvalue weighted by molar-refractivity contribution is 7.19. The van der Waals surface area contributed by atoms with E-state index in [1.165, 1.54) is 27.2 Å². The molecule has 2 amide bonds. The van der Waals surface area contributed by atoms with Crippen LogP contribution in [0.2, 0.25) is 5.15 Å². The molecule has 0 radical (unpaired) electrons. The Hall–Kier alpha value is -4.07. The quantitative estimate of drug-likeness (QED) is 0.246. The minimum Gasteiger partial charge on any atom is -0.349 e. The number of thiophene rings is 2. The molecule has 47 heavy (non-hydrogen) atoms. The summed E-state index contributed by atoms with van der Waals surface area (Å²) in [6.45, 7) is 0.700. The predicted octanol–water partition coefficient (Wildman–Crippen LogP) is 5.49. The van der Waals surface area contributed by atoms with Gasteiger partial charge in [-0.25, -0.2) is 24.9 Å². The van der Waals surface area contributed by atoms with Crippen LogP contribution < -0.4 is 5.32 Å². The van der Waals surface area contributed by atoms with Gasteiger partial charge in [0.05, 0.1) is 17.3 Å². The summed E-state index contributed by atoms with van der Waals surface area (Å²) in [5.74, 6) is 2.09. The fraction of sp³-hybridized carbons (Fsp3) is 0.394. The Balaban J connectivity index is 0.000000161. The molecule has 242 valence electrons. The summed E-state index contributed by atoms with van der Waals surface area (Å²) in [6, 6.07) is 2.00. The average molecular weight is 688 g/mol. The fourth-order valence-corrected chi connectivity index (χ4v) is 9.45. The lowest BCUT2D eigenvalue weighted by atomic mass is 9.87. The van der Waals surface area contributed by atoms with Crippen LogP contribution in [0, 0.1) is 11.8 Å². The summed E-state index contributed by atoms with van der Waals surface area (Å²) >= 11 is 9.48. The van der Waals surface area contributed by atoms with Crippen LogP contribution in [-0.2, 0) is 41.8 Å². The number of carbonyl (C=O) groups excluding carboxylic acids is 2. The molecule has 14 heteroatoms. The summed E-state index contributed by atoms with van der Waals surface area (Å²) in [5.41, 5.74) is 4.75. The van der Waals surface area contributed by atoms with E-state index in [4.69, 9.17) is 11.6 Å². The number of carbonyl (C=O) groups is 2. The molecule has 2 unspecified atom stereocenters. The molecule has 0 aromatic carbocycles. The van der Waals surface area contributed by atoms with Crippen molar-refractivity contribution < 1.29 is 9.59 Å². The third kappa shape index (κ3) is 6.07. The Labute approximate surface area is 285 Å². The van der Waals surface area contributed by atoms with Gasteiger partial charge < -0.3 is 15.1 Å². The summed E-state index contributed by atoms with van der Waals surface area (Å²) < 4.78 is 0. The van der Waals surface area contributed by atoms with Crippen molar-refractivity contribution in [2.24, 2.45) is 16.8 Å². The topological polar surface area (TPSA) is 129 Å². The number of halogens is 1. The number of amides is 2. The van der Waals surface area contributed by atoms with Crippen molar-refractivity contribution in [1.29, 1.82) is 0 Å². The van der Waals surface area contributed by atoms with E-state index in [-0.39, 0.29) is 23.7 Å². The Morgan fingerprint density at radius 2 is 1.43 bits per heavy atom. The molecule has 3 aliphatic rings. The van der Waals surface area contributed by atoms with Gasteiger partial charge in [0.1, 0.15) is 39.1 Å². The molecule has 0 saturated carbocycles. The van der Waals surface area contributed by atoms with Gasteiger partial charge in [0.2, 0.25) is 11.8 Å². The van der Waals surface area contributed by atoms with Crippen LogP contribution in [0.5, 0.6) is 0 Å². The van der Waals surface area contributed by atoms with Gasteiger partial charge in [-0.3, -0.25) is 14.6 Å². The van der Waals surface area contributed by atoms with Crippen LogP contribution >= 0.6 is 34.3 Å². The molecule has 2 atom stereocenters. The molecule has 8 rings (SSSR count). The largest absolute Gasteiger partial charge is 0.349 e. The number of aryl methyl sites for hydroxylation is 2. The minimum absolute atomic E-state index is 0.0533. The van der Waals surface area contributed by atoms with Crippen LogP contribution in [0.3, 0.4) is 0 Å². The summed E-state index contributed by atoms with van der Waals surface area (Å²) in [4.78, 5) is 58.3. The first-order chi connectivity index (χ1) is 22.7. The van der Waals surface area contributed by atoms with E-state index in [1.807, 2.05) is 46.7 Å². The molecule has 5 aromatic rings. The van der Waals surface area contributed by atoms with Gasteiger partial charge in [-0.15, -0.1) is 22.7 Å². The van der Waals surface area contributed by atoms with Crippen molar-refractivity contribution in [2.75, 3.05) is 33.5 Å². The van der Waals surface area contributed by atoms with Gasteiger partial charge in [0.15, 0.2) is 0 Å². The van der Waals surface area contributed by atoms with Crippen molar-refractivity contribution >= 4 is 84.4 Å². The summed E-state index contributed by atoms with van der Waals surface area (Å²) in [5, 5.41) is 5.95. The Bertz CT molecular complexity index is 2050. The molecule has 0 saturated heterocycles. The van der Waals surface area contributed by atoms with E-state index in [0.29, 0.717) is 11.7 Å². The SMILES string of the molecule is CN(C)C(=O)C1CCc2c(sc3ncnc(Cl)c23)C1.CN(C)C(=O)C1CCc2c(sc3ncnc(Nc4cc5c(cn4)CN=C5)c23)C1. The van der Waals surface area contributed by atoms with Gasteiger partial charge in [0, 0.05) is 73.3 Å². The highest BCUT2D eigenvalue weighted by Gasteiger charge is 2.31. The van der Waals surface area contributed by atoms with Gasteiger partial charge in [-0.2, -0.15) is 0 Å². The normalized spacial score (nSPS) is 17.8. The van der Waals surface area contributed by atoms with E-state index in [9.17, 15) is 9.59 Å². The number of anilines is 2. The maximum absolute atomic E-state index is 12.4. The molecule has 2 aliphatic carbocycles. The summed E-state index contributed by atoms with van der Waals surface area (Å²) in [6.07, 6.45) is 11.9. The van der Waals surface area contributed by atoms with Crippen molar-refractivity contribution in [3.8, 4) is 0 Å². The van der Waals surface area contributed by atoms with Gasteiger partial charge in [-0.1, -0.05) is 11.6 Å². The highest BCUT2D eigenvalue weighted by atomic mass is 35.5. The van der Waals surface area contributed by atoms with E-state index in [2.05, 4.69) is 35.2 Å². The van der Waals surface area contributed by atoms with Crippen molar-refractivity contribution in [2.45, 2.75) is 45.1 Å². The Morgan fingerprint density at radius 1 is 0.830 bits per heavy atom. The molecular weight excluding hydrogens is 654 g/mol. The second-order valence-corrected chi connectivity index (χ2v) is 15.0. The lowest BCUT2D eigenvalue weighted by molar-refractivity contribution is -0.134. The van der Waals surface area contributed by atoms with E-state index in [1.54, 1.807) is 38.8 Å². The third-order valence-corrected chi connectivity index (χ3v) is 11.6. The lowest BCUT2D eigenvalue weighted by Crippen LogP contribution is -2.32. The first kappa shape index (κ1) is 31.5. The number of fused-ring (bicyclic) bond motifs is 7. The van der Waals surface area contributed by atoms with E-state index < -0.39 is 0 Å². The Kier molecular flexibility index (Phi) is 8.62. The van der Waals surface area contributed by atoms with Crippen LogP contribution in [0.1, 0.15) is 44.8 Å². The maximum atomic E-state index is 12.4. The number of aliphatic imine (C=N–C) groups is 1. The van der Waals surface area contributed by atoms with Gasteiger partial charge in [0.25, 0.3) is 0 Å². The van der Waals surface area contributed by atoms with Gasteiger partial charge >= 0.3 is 0 Å².